The number of likely N-dealkylation sites (tertiary alicyclic amines) is 1. The Labute approximate surface area is 372 Å². The first-order valence-electron chi connectivity index (χ1n) is 20.2. The minimum Gasteiger partial charge on any atom is -0.481 e. The number of carboxylic acids is 2. The number of rotatable bonds is 29. The molecular formula is C36H61N11O16S. The number of nitrogens with zero attached hydrogens (tertiary/aromatic N) is 1. The number of carbonyl (C=O) groups excluding carboxylic acids is 9. The van der Waals surface area contributed by atoms with Gasteiger partial charge in [0.05, 0.1) is 38.4 Å². The SMILES string of the molecule is C[C@@H](O)[C@H](NC(=O)CNC(=O)[C@@H](NC(=O)[C@@H]1CCCN1C(=O)CN)[C@@H](C)O)C(=O)NCC(=O)N[C@@H](CCC(=O)O)C(=O)N[C@@H](CO)C(=O)N[C@@H](CCCCN)C(=O)N[C@@H](CS)C(=O)O. The molecule has 1 rings (SSSR count). The summed E-state index contributed by atoms with van der Waals surface area (Å²) in [6.07, 6.45) is -2.82. The molecule has 362 valence electrons. The first kappa shape index (κ1) is 56.3. The van der Waals surface area contributed by atoms with Crippen molar-refractivity contribution in [3.63, 3.8) is 0 Å². The minimum absolute atomic E-state index is 0.0221. The highest BCUT2D eigenvalue weighted by Gasteiger charge is 2.37. The van der Waals surface area contributed by atoms with Crippen molar-refractivity contribution in [2.45, 2.75) is 113 Å². The van der Waals surface area contributed by atoms with Crippen LogP contribution in [0.25, 0.3) is 0 Å². The van der Waals surface area contributed by atoms with Gasteiger partial charge in [-0.1, -0.05) is 0 Å². The average Bonchev–Trinajstić information content (AvgIpc) is 3.74. The van der Waals surface area contributed by atoms with Gasteiger partial charge in [0, 0.05) is 18.7 Å². The predicted octanol–water partition coefficient (Wildman–Crippen LogP) is -8.16. The summed E-state index contributed by atoms with van der Waals surface area (Å²) in [7, 11) is 0. The van der Waals surface area contributed by atoms with Gasteiger partial charge in [-0.2, -0.15) is 12.6 Å². The molecule has 0 aliphatic carbocycles. The topological polar surface area (TPSA) is 440 Å². The van der Waals surface area contributed by atoms with Crippen LogP contribution in [0, 0.1) is 0 Å². The molecule has 1 saturated heterocycles. The van der Waals surface area contributed by atoms with Crippen LogP contribution < -0.4 is 54.0 Å². The molecule has 9 amide bonds. The zero-order valence-corrected chi connectivity index (χ0v) is 36.3. The number of carbonyl (C=O) groups is 11. The third-order valence-electron chi connectivity index (χ3n) is 9.53. The fraction of sp³-hybridized carbons (Fsp3) is 0.694. The van der Waals surface area contributed by atoms with Crippen LogP contribution >= 0.6 is 12.6 Å². The summed E-state index contributed by atoms with van der Waals surface area (Å²) in [6, 6.07) is -10.5. The van der Waals surface area contributed by atoms with Gasteiger partial charge in [0.15, 0.2) is 0 Å². The molecule has 1 fully saturated rings. The Bertz CT molecular complexity index is 1670. The second-order valence-electron chi connectivity index (χ2n) is 14.6. The summed E-state index contributed by atoms with van der Waals surface area (Å²) in [5.41, 5.74) is 10.9. The number of unbranched alkanes of at least 4 members (excludes halogenated alkanes) is 1. The third-order valence-corrected chi connectivity index (χ3v) is 9.90. The van der Waals surface area contributed by atoms with Crippen molar-refractivity contribution in [3.05, 3.63) is 0 Å². The lowest BCUT2D eigenvalue weighted by Gasteiger charge is -2.27. The van der Waals surface area contributed by atoms with Crippen LogP contribution in [0.4, 0.5) is 0 Å². The Hall–Kier alpha value is -5.68. The molecule has 17 N–H and O–H groups in total. The molecule has 0 aromatic rings. The van der Waals surface area contributed by atoms with E-state index in [2.05, 4.69) is 55.2 Å². The lowest BCUT2D eigenvalue weighted by molar-refractivity contribution is -0.142. The van der Waals surface area contributed by atoms with Crippen LogP contribution in [0.15, 0.2) is 0 Å². The standard InChI is InChI=1S/C36H61N11O16S/c1-17(49)28(45-25(52)14-40-35(61)29(18(2)50)46-33(59)23-7-5-11-47(23)26(53)12-38)34(60)39-13-24(51)41-20(8-9-27(54)55)31(57)43-21(15-48)32(58)42-19(6-3-4-10-37)30(56)44-22(16-64)36(62)63/h17-23,28-29,48-50,64H,3-16,37-38H2,1-2H3,(H,39,60)(H,40,61)(H,41,51)(H,42,58)(H,43,57)(H,44,56)(H,45,52)(H,46,59)(H,54,55)(H,62,63)/t17-,18-,19+,20+,21+,22+,23+,28+,29+/m1/s1. The minimum atomic E-state index is -1.77. The van der Waals surface area contributed by atoms with E-state index in [9.17, 15) is 78.3 Å². The van der Waals surface area contributed by atoms with Crippen LogP contribution in [0.2, 0.25) is 0 Å². The van der Waals surface area contributed by atoms with Crippen molar-refractivity contribution >= 4 is 77.7 Å². The molecule has 28 heteroatoms. The van der Waals surface area contributed by atoms with Crippen LogP contribution in [0.5, 0.6) is 0 Å². The molecule has 0 aromatic carbocycles. The number of hydrogen-bond acceptors (Lipinski definition) is 17. The van der Waals surface area contributed by atoms with Gasteiger partial charge in [-0.15, -0.1) is 0 Å². The number of hydrogen-bond donors (Lipinski definition) is 16. The summed E-state index contributed by atoms with van der Waals surface area (Å²) in [5.74, 6) is -11.8. The number of nitrogens with two attached hydrogens (primary N) is 2. The molecule has 0 radical (unpaired) electrons. The maximum atomic E-state index is 13.2. The highest BCUT2D eigenvalue weighted by atomic mass is 32.1. The number of aliphatic hydroxyl groups excluding tert-OH is 3. The van der Waals surface area contributed by atoms with E-state index in [0.29, 0.717) is 19.3 Å². The van der Waals surface area contributed by atoms with Gasteiger partial charge in [0.2, 0.25) is 53.2 Å². The lowest BCUT2D eigenvalue weighted by atomic mass is 10.1. The number of aliphatic hydroxyl groups is 3. The Kier molecular flexibility index (Phi) is 25.4. The fourth-order valence-electron chi connectivity index (χ4n) is 6.03. The van der Waals surface area contributed by atoms with E-state index in [4.69, 9.17) is 11.5 Å². The summed E-state index contributed by atoms with van der Waals surface area (Å²) in [6.45, 7) is -0.338. The van der Waals surface area contributed by atoms with Crippen molar-refractivity contribution < 1.29 is 78.3 Å². The Morgan fingerprint density at radius 1 is 0.672 bits per heavy atom. The average molecular weight is 936 g/mol. The van der Waals surface area contributed by atoms with Crippen LogP contribution in [0.1, 0.15) is 58.8 Å². The van der Waals surface area contributed by atoms with Gasteiger partial charge < -0.3 is 84.4 Å². The molecule has 9 atom stereocenters. The molecule has 0 spiro atoms. The summed E-state index contributed by atoms with van der Waals surface area (Å²) >= 11 is 3.88. The zero-order valence-electron chi connectivity index (χ0n) is 35.4. The lowest BCUT2D eigenvalue weighted by Crippen LogP contribution is -2.59. The Balaban J connectivity index is 2.93. The van der Waals surface area contributed by atoms with E-state index >= 15 is 0 Å². The first-order chi connectivity index (χ1) is 30.1. The zero-order chi connectivity index (χ0) is 48.7. The fourth-order valence-corrected chi connectivity index (χ4v) is 6.28. The van der Waals surface area contributed by atoms with Crippen LogP contribution in [0.3, 0.4) is 0 Å². The molecule has 1 heterocycles. The summed E-state index contributed by atoms with van der Waals surface area (Å²) in [4.78, 5) is 140. The van der Waals surface area contributed by atoms with E-state index in [1.54, 1.807) is 0 Å². The summed E-state index contributed by atoms with van der Waals surface area (Å²) in [5, 5.41) is 66.5. The van der Waals surface area contributed by atoms with Crippen LogP contribution in [-0.4, -0.2) is 195 Å². The van der Waals surface area contributed by atoms with Gasteiger partial charge in [0.25, 0.3) is 0 Å². The normalized spacial score (nSPS) is 17.1. The maximum Gasteiger partial charge on any atom is 0.327 e. The molecule has 27 nitrogen and oxygen atoms in total. The molecule has 0 unspecified atom stereocenters. The van der Waals surface area contributed by atoms with Crippen LogP contribution in [-0.2, 0) is 52.7 Å². The van der Waals surface area contributed by atoms with E-state index in [0.717, 1.165) is 6.92 Å². The second-order valence-corrected chi connectivity index (χ2v) is 15.0. The van der Waals surface area contributed by atoms with Crippen molar-refractivity contribution in [2.24, 2.45) is 11.5 Å². The Morgan fingerprint density at radius 2 is 1.17 bits per heavy atom. The van der Waals surface area contributed by atoms with E-state index in [-0.39, 0.29) is 38.2 Å². The Morgan fingerprint density at radius 3 is 1.66 bits per heavy atom. The number of aliphatic carboxylic acids is 2. The van der Waals surface area contributed by atoms with Gasteiger partial charge in [-0.25, -0.2) is 4.79 Å². The quantitative estimate of drug-likeness (QED) is 0.0245. The van der Waals surface area contributed by atoms with Gasteiger partial charge in [-0.05, 0) is 58.9 Å². The first-order valence-corrected chi connectivity index (χ1v) is 20.8. The van der Waals surface area contributed by atoms with Gasteiger partial charge in [0.1, 0.15) is 42.3 Å². The molecule has 64 heavy (non-hydrogen) atoms. The molecular weight excluding hydrogens is 875 g/mol. The monoisotopic (exact) mass is 935 g/mol. The highest BCUT2D eigenvalue weighted by Crippen LogP contribution is 2.17. The second kappa shape index (κ2) is 28.9. The van der Waals surface area contributed by atoms with Crippen molar-refractivity contribution in [1.82, 2.24) is 47.4 Å². The van der Waals surface area contributed by atoms with E-state index in [1.165, 1.54) is 11.8 Å². The van der Waals surface area contributed by atoms with Crippen molar-refractivity contribution in [2.75, 3.05) is 45.1 Å². The number of amides is 9. The van der Waals surface area contributed by atoms with E-state index in [1.807, 2.05) is 0 Å². The largest absolute Gasteiger partial charge is 0.481 e. The number of carboxylic acid groups (broad SMARTS) is 2. The molecule has 1 aliphatic heterocycles. The number of nitrogens with one attached hydrogen (secondary N) is 8. The third kappa shape index (κ3) is 19.4. The van der Waals surface area contributed by atoms with E-state index < -0.39 is 152 Å². The smallest absolute Gasteiger partial charge is 0.327 e. The summed E-state index contributed by atoms with van der Waals surface area (Å²) < 4.78 is 0. The molecule has 0 saturated carbocycles. The van der Waals surface area contributed by atoms with Crippen molar-refractivity contribution in [3.8, 4) is 0 Å². The van der Waals surface area contributed by atoms with Gasteiger partial charge in [-0.3, -0.25) is 47.9 Å². The van der Waals surface area contributed by atoms with Crippen molar-refractivity contribution in [1.29, 1.82) is 0 Å². The predicted molar refractivity (Wildman–Crippen MR) is 223 cm³/mol. The highest BCUT2D eigenvalue weighted by molar-refractivity contribution is 7.80. The molecule has 0 aromatic heterocycles. The molecule has 1 aliphatic rings. The number of thiol groups is 1. The molecule has 0 bridgehead atoms. The van der Waals surface area contributed by atoms with Gasteiger partial charge >= 0.3 is 11.9 Å². The maximum absolute atomic E-state index is 13.2.